The molecule has 0 fully saturated rings. The van der Waals surface area contributed by atoms with E-state index in [1.165, 1.54) is 11.5 Å². The minimum atomic E-state index is 0.513. The molecule has 0 atom stereocenters. The lowest BCUT2D eigenvalue weighted by atomic mass is 10.1. The number of nitriles is 1. The first-order valence-corrected chi connectivity index (χ1v) is 4.56. The fourth-order valence-electron chi connectivity index (χ4n) is 0.983. The highest BCUT2D eigenvalue weighted by atomic mass is 32.1. The summed E-state index contributed by atoms with van der Waals surface area (Å²) in [6, 6.07) is 2.07. The van der Waals surface area contributed by atoms with Gasteiger partial charge in [0.2, 0.25) is 0 Å². The first-order valence-electron chi connectivity index (χ1n) is 3.79. The van der Waals surface area contributed by atoms with Crippen LogP contribution in [0.15, 0.2) is 0 Å². The van der Waals surface area contributed by atoms with E-state index in [0.717, 1.165) is 12.1 Å². The van der Waals surface area contributed by atoms with Gasteiger partial charge in [0.15, 0.2) is 0 Å². The summed E-state index contributed by atoms with van der Waals surface area (Å²) in [4.78, 5) is 0. The van der Waals surface area contributed by atoms with Gasteiger partial charge < -0.3 is 5.73 Å². The first-order chi connectivity index (χ1) is 5.65. The van der Waals surface area contributed by atoms with Crippen LogP contribution < -0.4 is 5.73 Å². The summed E-state index contributed by atoms with van der Waals surface area (Å²) in [5.41, 5.74) is 6.97. The van der Waals surface area contributed by atoms with E-state index in [1.54, 1.807) is 0 Å². The van der Waals surface area contributed by atoms with Gasteiger partial charge in [-0.2, -0.15) is 9.64 Å². The third kappa shape index (κ3) is 1.74. The molecule has 2 N–H and O–H groups in total. The quantitative estimate of drug-likeness (QED) is 0.756. The molecule has 4 heteroatoms. The van der Waals surface area contributed by atoms with Gasteiger partial charge in [0.1, 0.15) is 16.6 Å². The maximum Gasteiger partial charge on any atom is 0.125 e. The van der Waals surface area contributed by atoms with E-state index in [2.05, 4.69) is 24.3 Å². The van der Waals surface area contributed by atoms with Crippen molar-refractivity contribution in [2.75, 3.05) is 5.73 Å². The fourth-order valence-corrected chi connectivity index (χ4v) is 1.61. The maximum absolute atomic E-state index is 8.74. The van der Waals surface area contributed by atoms with Crippen LogP contribution in [0.5, 0.6) is 0 Å². The van der Waals surface area contributed by atoms with Crippen LogP contribution in [0.3, 0.4) is 0 Å². The minimum absolute atomic E-state index is 0.513. The Labute approximate surface area is 76.0 Å². The molecule has 0 saturated carbocycles. The van der Waals surface area contributed by atoms with Crippen molar-refractivity contribution in [3.8, 4) is 6.07 Å². The fraction of sp³-hybridized carbons (Fsp3) is 0.500. The van der Waals surface area contributed by atoms with Crippen LogP contribution in [0.25, 0.3) is 0 Å². The van der Waals surface area contributed by atoms with Gasteiger partial charge in [-0.25, -0.2) is 0 Å². The van der Waals surface area contributed by atoms with Crippen LogP contribution in [-0.4, -0.2) is 4.37 Å². The van der Waals surface area contributed by atoms with Gasteiger partial charge in [-0.3, -0.25) is 0 Å². The highest BCUT2D eigenvalue weighted by Crippen LogP contribution is 2.22. The van der Waals surface area contributed by atoms with Gasteiger partial charge in [0.25, 0.3) is 0 Å². The van der Waals surface area contributed by atoms with Crippen LogP contribution in [0.2, 0.25) is 0 Å². The van der Waals surface area contributed by atoms with E-state index in [4.69, 9.17) is 11.0 Å². The van der Waals surface area contributed by atoms with Crippen molar-refractivity contribution in [3.05, 3.63) is 11.3 Å². The second-order valence-corrected chi connectivity index (χ2v) is 3.88. The van der Waals surface area contributed by atoms with Gasteiger partial charge in [-0.15, -0.1) is 0 Å². The zero-order chi connectivity index (χ0) is 9.14. The Kier molecular flexibility index (Phi) is 2.66. The molecule has 1 aromatic heterocycles. The zero-order valence-corrected chi connectivity index (χ0v) is 7.98. The summed E-state index contributed by atoms with van der Waals surface area (Å²) in [7, 11) is 0. The molecule has 0 aromatic carbocycles. The first kappa shape index (κ1) is 9.01. The standard InChI is InChI=1S/C8H11N3S/c1-5(2)3-7-6(4-9)8(10)12-11-7/h5H,3,10H2,1-2H3. The molecular formula is C8H11N3S. The highest BCUT2D eigenvalue weighted by Gasteiger charge is 2.11. The Balaban J connectivity index is 2.94. The number of nitrogens with zero attached hydrogens (tertiary/aromatic N) is 2. The Morgan fingerprint density at radius 2 is 2.33 bits per heavy atom. The smallest absolute Gasteiger partial charge is 0.125 e. The van der Waals surface area contributed by atoms with E-state index < -0.39 is 0 Å². The van der Waals surface area contributed by atoms with Crippen LogP contribution >= 0.6 is 11.5 Å². The molecule has 0 aliphatic rings. The molecular weight excluding hydrogens is 170 g/mol. The summed E-state index contributed by atoms with van der Waals surface area (Å²) in [6.07, 6.45) is 0.830. The SMILES string of the molecule is CC(C)Cc1nsc(N)c1C#N. The lowest BCUT2D eigenvalue weighted by molar-refractivity contribution is 0.639. The molecule has 0 unspecified atom stereocenters. The molecule has 0 spiro atoms. The van der Waals surface area contributed by atoms with Gasteiger partial charge in [0.05, 0.1) is 5.69 Å². The second-order valence-electron chi connectivity index (χ2n) is 3.08. The molecule has 0 radical (unpaired) electrons. The summed E-state index contributed by atoms with van der Waals surface area (Å²) >= 11 is 1.20. The number of nitrogens with two attached hydrogens (primary N) is 1. The summed E-state index contributed by atoms with van der Waals surface area (Å²) < 4.78 is 4.12. The van der Waals surface area contributed by atoms with Gasteiger partial charge in [0, 0.05) is 0 Å². The Morgan fingerprint density at radius 1 is 1.67 bits per heavy atom. The monoisotopic (exact) mass is 181 g/mol. The molecule has 1 rings (SSSR count). The van der Waals surface area contributed by atoms with Crippen molar-refractivity contribution in [1.29, 1.82) is 5.26 Å². The largest absolute Gasteiger partial charge is 0.388 e. The zero-order valence-electron chi connectivity index (χ0n) is 7.16. The van der Waals surface area contributed by atoms with E-state index in [0.29, 0.717) is 16.5 Å². The van der Waals surface area contributed by atoms with Gasteiger partial charge >= 0.3 is 0 Å². The van der Waals surface area contributed by atoms with E-state index in [9.17, 15) is 0 Å². The molecule has 0 saturated heterocycles. The lowest BCUT2D eigenvalue weighted by Gasteiger charge is -1.99. The van der Waals surface area contributed by atoms with Gasteiger partial charge in [-0.1, -0.05) is 13.8 Å². The van der Waals surface area contributed by atoms with Crippen LogP contribution in [-0.2, 0) is 6.42 Å². The predicted molar refractivity (Wildman–Crippen MR) is 49.8 cm³/mol. The van der Waals surface area contributed by atoms with Crippen molar-refractivity contribution in [2.24, 2.45) is 5.92 Å². The van der Waals surface area contributed by atoms with Crippen molar-refractivity contribution in [1.82, 2.24) is 4.37 Å². The van der Waals surface area contributed by atoms with Crippen LogP contribution in [0.1, 0.15) is 25.1 Å². The molecule has 1 aromatic rings. The average molecular weight is 181 g/mol. The van der Waals surface area contributed by atoms with Crippen molar-refractivity contribution in [3.63, 3.8) is 0 Å². The molecule has 0 aliphatic carbocycles. The Hall–Kier alpha value is -1.08. The van der Waals surface area contributed by atoms with Crippen molar-refractivity contribution in [2.45, 2.75) is 20.3 Å². The number of anilines is 1. The summed E-state index contributed by atoms with van der Waals surface area (Å²) in [5.74, 6) is 0.513. The number of rotatable bonds is 2. The number of hydrogen-bond donors (Lipinski definition) is 1. The predicted octanol–water partition coefficient (Wildman–Crippen LogP) is 1.80. The molecule has 3 nitrogen and oxygen atoms in total. The summed E-state index contributed by atoms with van der Waals surface area (Å²) in [6.45, 7) is 4.19. The van der Waals surface area contributed by atoms with E-state index >= 15 is 0 Å². The Bertz CT molecular complexity index is 309. The third-order valence-corrected chi connectivity index (χ3v) is 2.22. The molecule has 12 heavy (non-hydrogen) atoms. The number of nitrogen functional groups attached to an aromatic ring is 1. The van der Waals surface area contributed by atoms with Gasteiger partial charge in [-0.05, 0) is 23.9 Å². The number of hydrogen-bond acceptors (Lipinski definition) is 4. The third-order valence-electron chi connectivity index (χ3n) is 1.50. The van der Waals surface area contributed by atoms with Crippen molar-refractivity contribution < 1.29 is 0 Å². The van der Waals surface area contributed by atoms with E-state index in [1.807, 2.05) is 0 Å². The van der Waals surface area contributed by atoms with E-state index in [-0.39, 0.29) is 0 Å². The van der Waals surface area contributed by atoms with Crippen LogP contribution in [0.4, 0.5) is 5.00 Å². The Morgan fingerprint density at radius 3 is 2.83 bits per heavy atom. The summed E-state index contributed by atoms with van der Waals surface area (Å²) in [5, 5.41) is 9.27. The van der Waals surface area contributed by atoms with Crippen LogP contribution in [0, 0.1) is 17.2 Å². The molecule has 64 valence electrons. The molecule has 0 bridgehead atoms. The normalized spacial score (nSPS) is 10.2. The molecule has 1 heterocycles. The maximum atomic E-state index is 8.74. The molecule has 0 aliphatic heterocycles. The highest BCUT2D eigenvalue weighted by molar-refractivity contribution is 7.10. The lowest BCUT2D eigenvalue weighted by Crippen LogP contribution is -1.97. The topological polar surface area (TPSA) is 62.7 Å². The van der Waals surface area contributed by atoms with Crippen molar-refractivity contribution >= 4 is 16.5 Å². The minimum Gasteiger partial charge on any atom is -0.388 e. The average Bonchev–Trinajstić information content (AvgIpc) is 2.30. The molecule has 0 amide bonds. The number of aromatic nitrogens is 1. The second kappa shape index (κ2) is 3.55.